The number of rotatable bonds is 3. The van der Waals surface area contributed by atoms with Crippen molar-refractivity contribution < 1.29 is 9.66 Å². The number of nitrogens with zero attached hydrogens (tertiary/aromatic N) is 2. The van der Waals surface area contributed by atoms with E-state index in [0.717, 1.165) is 5.56 Å². The van der Waals surface area contributed by atoms with Crippen LogP contribution in [0.4, 0.5) is 5.69 Å². The molecule has 0 bridgehead atoms. The second kappa shape index (κ2) is 5.24. The molecule has 1 heterocycles. The fourth-order valence-electron chi connectivity index (χ4n) is 1.61. The molecule has 5 nitrogen and oxygen atoms in total. The molecule has 0 radical (unpaired) electrons. The fourth-order valence-corrected chi connectivity index (χ4v) is 1.76. The molecule has 19 heavy (non-hydrogen) atoms. The van der Waals surface area contributed by atoms with Crippen LogP contribution in [0.1, 0.15) is 11.1 Å². The van der Waals surface area contributed by atoms with Crippen molar-refractivity contribution in [2.45, 2.75) is 13.8 Å². The molecule has 0 aliphatic rings. The summed E-state index contributed by atoms with van der Waals surface area (Å²) in [5, 5.41) is 11.3. The average Bonchev–Trinajstić information content (AvgIpc) is 2.35. The van der Waals surface area contributed by atoms with Gasteiger partial charge in [-0.2, -0.15) is 0 Å². The standard InChI is InChI=1S/C13H11ClN2O3/c1-8-4-3-5-10(16(17)18)13(8)19-11-6-12(14)15-7-9(11)2/h3-7H,1-2H3. The van der Waals surface area contributed by atoms with Gasteiger partial charge in [0.25, 0.3) is 0 Å². The smallest absolute Gasteiger partial charge is 0.311 e. The third-order valence-electron chi connectivity index (χ3n) is 2.62. The number of benzene rings is 1. The van der Waals surface area contributed by atoms with E-state index in [-0.39, 0.29) is 16.6 Å². The summed E-state index contributed by atoms with van der Waals surface area (Å²) in [4.78, 5) is 14.4. The molecular formula is C13H11ClN2O3. The summed E-state index contributed by atoms with van der Waals surface area (Å²) in [6.07, 6.45) is 1.56. The van der Waals surface area contributed by atoms with Crippen LogP contribution in [0.5, 0.6) is 11.5 Å². The van der Waals surface area contributed by atoms with Crippen LogP contribution < -0.4 is 4.74 Å². The summed E-state index contributed by atoms with van der Waals surface area (Å²) in [6, 6.07) is 6.31. The molecule has 0 spiro atoms. The van der Waals surface area contributed by atoms with E-state index in [1.165, 1.54) is 12.1 Å². The molecule has 0 aliphatic heterocycles. The zero-order valence-electron chi connectivity index (χ0n) is 10.4. The van der Waals surface area contributed by atoms with Crippen molar-refractivity contribution in [1.82, 2.24) is 4.98 Å². The quantitative estimate of drug-likeness (QED) is 0.482. The first-order chi connectivity index (χ1) is 8.99. The Morgan fingerprint density at radius 3 is 2.74 bits per heavy atom. The Morgan fingerprint density at radius 2 is 2.05 bits per heavy atom. The van der Waals surface area contributed by atoms with Crippen LogP contribution in [0, 0.1) is 24.0 Å². The molecule has 1 aromatic carbocycles. The van der Waals surface area contributed by atoms with Gasteiger partial charge < -0.3 is 4.74 Å². The number of hydrogen-bond acceptors (Lipinski definition) is 4. The van der Waals surface area contributed by atoms with Crippen molar-refractivity contribution in [2.24, 2.45) is 0 Å². The van der Waals surface area contributed by atoms with E-state index in [4.69, 9.17) is 16.3 Å². The molecule has 2 rings (SSSR count). The predicted octanol–water partition coefficient (Wildman–Crippen LogP) is 4.05. The minimum absolute atomic E-state index is 0.0765. The Labute approximate surface area is 115 Å². The summed E-state index contributed by atoms with van der Waals surface area (Å²) in [5.41, 5.74) is 1.36. The highest BCUT2D eigenvalue weighted by molar-refractivity contribution is 6.29. The normalized spacial score (nSPS) is 10.3. The highest BCUT2D eigenvalue weighted by Crippen LogP contribution is 2.35. The minimum atomic E-state index is -0.472. The summed E-state index contributed by atoms with van der Waals surface area (Å²) >= 11 is 5.80. The third-order valence-corrected chi connectivity index (χ3v) is 2.83. The van der Waals surface area contributed by atoms with E-state index < -0.39 is 4.92 Å². The second-order valence-electron chi connectivity index (χ2n) is 4.05. The number of para-hydroxylation sites is 1. The van der Waals surface area contributed by atoms with Crippen LogP contribution in [-0.4, -0.2) is 9.91 Å². The molecule has 0 fully saturated rings. The topological polar surface area (TPSA) is 65.3 Å². The number of halogens is 1. The van der Waals surface area contributed by atoms with Crippen molar-refractivity contribution >= 4 is 17.3 Å². The summed E-state index contributed by atoms with van der Waals surface area (Å²) < 4.78 is 5.65. The monoisotopic (exact) mass is 278 g/mol. The Hall–Kier alpha value is -2.14. The lowest BCUT2D eigenvalue weighted by atomic mass is 10.2. The van der Waals surface area contributed by atoms with Crippen molar-refractivity contribution in [1.29, 1.82) is 0 Å². The van der Waals surface area contributed by atoms with Crippen LogP contribution in [0.25, 0.3) is 0 Å². The van der Waals surface area contributed by atoms with Crippen molar-refractivity contribution in [3.8, 4) is 11.5 Å². The van der Waals surface area contributed by atoms with Crippen molar-refractivity contribution in [2.75, 3.05) is 0 Å². The van der Waals surface area contributed by atoms with E-state index in [1.807, 2.05) is 0 Å². The summed E-state index contributed by atoms with van der Waals surface area (Å²) in [6.45, 7) is 3.54. The zero-order chi connectivity index (χ0) is 14.0. The first-order valence-electron chi connectivity index (χ1n) is 5.53. The van der Waals surface area contributed by atoms with E-state index >= 15 is 0 Å². The molecule has 2 aromatic rings. The third kappa shape index (κ3) is 2.82. The fraction of sp³-hybridized carbons (Fsp3) is 0.154. The molecular weight excluding hydrogens is 268 g/mol. The second-order valence-corrected chi connectivity index (χ2v) is 4.44. The van der Waals surface area contributed by atoms with Gasteiger partial charge in [-0.3, -0.25) is 10.1 Å². The van der Waals surface area contributed by atoms with Gasteiger partial charge in [-0.1, -0.05) is 23.7 Å². The average molecular weight is 279 g/mol. The molecule has 98 valence electrons. The van der Waals surface area contributed by atoms with Gasteiger partial charge in [0.2, 0.25) is 5.75 Å². The number of nitro benzene ring substituents is 1. The number of pyridine rings is 1. The predicted molar refractivity (Wildman–Crippen MR) is 71.9 cm³/mol. The molecule has 6 heteroatoms. The molecule has 1 aromatic heterocycles. The molecule has 0 unspecified atom stereocenters. The lowest BCUT2D eigenvalue weighted by molar-refractivity contribution is -0.385. The van der Waals surface area contributed by atoms with E-state index in [2.05, 4.69) is 4.98 Å². The van der Waals surface area contributed by atoms with Gasteiger partial charge in [0.15, 0.2) is 0 Å². The van der Waals surface area contributed by atoms with Gasteiger partial charge in [-0.25, -0.2) is 4.98 Å². The minimum Gasteiger partial charge on any atom is -0.449 e. The van der Waals surface area contributed by atoms with Crippen LogP contribution >= 0.6 is 11.6 Å². The number of hydrogen-bond donors (Lipinski definition) is 0. The molecule has 0 aliphatic carbocycles. The Bertz CT molecular complexity index is 644. The van der Waals surface area contributed by atoms with Crippen molar-refractivity contribution in [3.63, 3.8) is 0 Å². The number of aryl methyl sites for hydroxylation is 2. The number of aromatic nitrogens is 1. The Morgan fingerprint density at radius 1 is 1.32 bits per heavy atom. The molecule has 0 N–H and O–H groups in total. The maximum atomic E-state index is 11.0. The van der Waals surface area contributed by atoms with Gasteiger partial charge in [0, 0.05) is 23.9 Å². The van der Waals surface area contributed by atoms with Crippen LogP contribution in [0.2, 0.25) is 5.15 Å². The zero-order valence-corrected chi connectivity index (χ0v) is 11.1. The molecule has 0 atom stereocenters. The summed E-state index contributed by atoms with van der Waals surface area (Å²) in [5.74, 6) is 0.676. The molecule has 0 saturated heterocycles. The van der Waals surface area contributed by atoms with Gasteiger partial charge in [-0.05, 0) is 19.4 Å². The largest absolute Gasteiger partial charge is 0.449 e. The van der Waals surface area contributed by atoms with Crippen molar-refractivity contribution in [3.05, 3.63) is 56.9 Å². The highest BCUT2D eigenvalue weighted by Gasteiger charge is 2.18. The van der Waals surface area contributed by atoms with Gasteiger partial charge in [-0.15, -0.1) is 0 Å². The Kier molecular flexibility index (Phi) is 3.66. The highest BCUT2D eigenvalue weighted by atomic mass is 35.5. The lowest BCUT2D eigenvalue weighted by Crippen LogP contribution is -1.97. The maximum absolute atomic E-state index is 11.0. The van der Waals surface area contributed by atoms with Gasteiger partial charge in [0.1, 0.15) is 10.9 Å². The first-order valence-corrected chi connectivity index (χ1v) is 5.91. The number of nitro groups is 1. The van der Waals surface area contributed by atoms with Crippen LogP contribution in [-0.2, 0) is 0 Å². The van der Waals surface area contributed by atoms with Gasteiger partial charge >= 0.3 is 5.69 Å². The number of ether oxygens (including phenoxy) is 1. The van der Waals surface area contributed by atoms with E-state index in [9.17, 15) is 10.1 Å². The van der Waals surface area contributed by atoms with E-state index in [1.54, 1.807) is 32.2 Å². The summed E-state index contributed by atoms with van der Waals surface area (Å²) in [7, 11) is 0. The Balaban J connectivity index is 2.49. The molecule has 0 saturated carbocycles. The van der Waals surface area contributed by atoms with E-state index in [0.29, 0.717) is 11.3 Å². The van der Waals surface area contributed by atoms with Gasteiger partial charge in [0.05, 0.1) is 4.92 Å². The lowest BCUT2D eigenvalue weighted by Gasteiger charge is -2.11. The maximum Gasteiger partial charge on any atom is 0.311 e. The van der Waals surface area contributed by atoms with Crippen LogP contribution in [0.3, 0.4) is 0 Å². The SMILES string of the molecule is Cc1cnc(Cl)cc1Oc1c(C)cccc1[N+](=O)[O-]. The first kappa shape index (κ1) is 13.3. The molecule has 0 amide bonds. The van der Waals surface area contributed by atoms with Crippen LogP contribution in [0.15, 0.2) is 30.5 Å².